The number of nitrogens with zero attached hydrogens (tertiary/aromatic N) is 2. The summed E-state index contributed by atoms with van der Waals surface area (Å²) in [5, 5.41) is 6.15. The number of imidazole rings is 1. The van der Waals surface area contributed by atoms with E-state index in [0.717, 1.165) is 17.9 Å². The molecule has 1 aromatic carbocycles. The van der Waals surface area contributed by atoms with E-state index in [9.17, 15) is 9.18 Å². The number of amides is 1. The zero-order valence-corrected chi connectivity index (χ0v) is 15.6. The summed E-state index contributed by atoms with van der Waals surface area (Å²) in [5.41, 5.74) is 1.52. The van der Waals surface area contributed by atoms with E-state index in [0.29, 0.717) is 38.1 Å². The molecule has 2 heterocycles. The van der Waals surface area contributed by atoms with Crippen LogP contribution in [0.4, 0.5) is 4.39 Å². The third kappa shape index (κ3) is 5.54. The predicted octanol–water partition coefficient (Wildman–Crippen LogP) is 1.59. The predicted molar refractivity (Wildman–Crippen MR) is 99.1 cm³/mol. The fraction of sp³-hybridized carbons (Fsp3) is 0.500. The minimum atomic E-state index is -0.294. The van der Waals surface area contributed by atoms with Gasteiger partial charge >= 0.3 is 0 Å². The van der Waals surface area contributed by atoms with Gasteiger partial charge in [-0.2, -0.15) is 0 Å². The van der Waals surface area contributed by atoms with Gasteiger partial charge in [0.05, 0.1) is 24.2 Å². The second kappa shape index (κ2) is 9.91. The van der Waals surface area contributed by atoms with Gasteiger partial charge in [0.2, 0.25) is 5.91 Å². The molecule has 1 aliphatic heterocycles. The van der Waals surface area contributed by atoms with Gasteiger partial charge < -0.3 is 19.9 Å². The van der Waals surface area contributed by atoms with Crippen LogP contribution in [0.2, 0.25) is 0 Å². The number of hydrogen-bond acceptors (Lipinski definition) is 4. The van der Waals surface area contributed by atoms with Crippen molar-refractivity contribution in [3.63, 3.8) is 0 Å². The maximum absolute atomic E-state index is 13.2. The molecule has 2 N–H and O–H groups in total. The van der Waals surface area contributed by atoms with Crippen LogP contribution in [0.1, 0.15) is 12.2 Å². The summed E-state index contributed by atoms with van der Waals surface area (Å²) in [5.74, 6) is 0.528. The van der Waals surface area contributed by atoms with Crippen molar-refractivity contribution in [3.8, 4) is 0 Å². The van der Waals surface area contributed by atoms with Crippen molar-refractivity contribution >= 4 is 41.8 Å². The molecule has 1 aliphatic rings. The van der Waals surface area contributed by atoms with Crippen LogP contribution in [0, 0.1) is 5.82 Å². The van der Waals surface area contributed by atoms with Crippen molar-refractivity contribution in [2.45, 2.75) is 18.9 Å². The molecule has 0 bridgehead atoms. The zero-order valence-electron chi connectivity index (χ0n) is 14.0. The van der Waals surface area contributed by atoms with E-state index >= 15 is 0 Å². The Labute approximate surface area is 158 Å². The molecule has 0 radical (unpaired) electrons. The number of aromatic nitrogens is 2. The lowest BCUT2D eigenvalue weighted by Crippen LogP contribution is -2.44. The third-order valence-electron chi connectivity index (χ3n) is 4.04. The number of nitrogens with one attached hydrogen (secondary N) is 2. The van der Waals surface area contributed by atoms with Gasteiger partial charge in [-0.15, -0.1) is 24.8 Å². The highest BCUT2D eigenvalue weighted by Crippen LogP contribution is 2.16. The minimum Gasteiger partial charge on any atom is -0.378 e. The van der Waals surface area contributed by atoms with E-state index in [1.54, 1.807) is 6.07 Å². The number of ether oxygens (including phenoxy) is 1. The Kier molecular flexibility index (Phi) is 8.58. The summed E-state index contributed by atoms with van der Waals surface area (Å²) < 4.78 is 20.5. The van der Waals surface area contributed by atoms with Crippen LogP contribution >= 0.6 is 24.8 Å². The second-order valence-electron chi connectivity index (χ2n) is 5.75. The normalized spacial score (nSPS) is 16.8. The summed E-state index contributed by atoms with van der Waals surface area (Å²) in [6.45, 7) is 2.57. The number of rotatable bonds is 5. The van der Waals surface area contributed by atoms with Crippen LogP contribution < -0.4 is 10.6 Å². The zero-order chi connectivity index (χ0) is 16.2. The number of carbonyl (C=O) groups excluding carboxylic acids is 1. The Bertz CT molecular complexity index is 705. The topological polar surface area (TPSA) is 68.2 Å². The molecule has 0 aliphatic carbocycles. The van der Waals surface area contributed by atoms with E-state index in [2.05, 4.69) is 15.6 Å². The summed E-state index contributed by atoms with van der Waals surface area (Å²) in [4.78, 5) is 16.3. The van der Waals surface area contributed by atoms with Crippen molar-refractivity contribution in [2.75, 3.05) is 26.3 Å². The van der Waals surface area contributed by atoms with E-state index in [1.165, 1.54) is 12.1 Å². The van der Waals surface area contributed by atoms with Gasteiger partial charge in [-0.05, 0) is 12.1 Å². The van der Waals surface area contributed by atoms with Gasteiger partial charge in [0.15, 0.2) is 0 Å². The van der Waals surface area contributed by atoms with E-state index in [-0.39, 0.29) is 42.6 Å². The SMILES string of the molecule is Cl.Cl.Cn1c(CCNC(=O)CC2COCCN2)nc2cc(F)ccc21. The lowest BCUT2D eigenvalue weighted by atomic mass is 10.2. The fourth-order valence-corrected chi connectivity index (χ4v) is 2.81. The molecule has 25 heavy (non-hydrogen) atoms. The van der Waals surface area contributed by atoms with Crippen molar-refractivity contribution < 1.29 is 13.9 Å². The molecule has 1 unspecified atom stereocenters. The van der Waals surface area contributed by atoms with Gasteiger partial charge in [0, 0.05) is 45.1 Å². The first-order valence-electron chi connectivity index (χ1n) is 7.82. The summed E-state index contributed by atoms with van der Waals surface area (Å²) in [6.07, 6.45) is 1.01. The van der Waals surface area contributed by atoms with Crippen molar-refractivity contribution in [1.29, 1.82) is 0 Å². The standard InChI is InChI=1S/C16H21FN4O2.2ClH/c1-21-14-3-2-11(17)8-13(14)20-15(21)4-5-19-16(22)9-12-10-23-7-6-18-12;;/h2-3,8,12,18H,4-7,9-10H2,1H3,(H,19,22);2*1H. The Morgan fingerprint density at radius 2 is 2.28 bits per heavy atom. The third-order valence-corrected chi connectivity index (χ3v) is 4.04. The molecule has 1 saturated heterocycles. The summed E-state index contributed by atoms with van der Waals surface area (Å²) >= 11 is 0. The van der Waals surface area contributed by atoms with Crippen LogP contribution in [0.25, 0.3) is 11.0 Å². The molecule has 140 valence electrons. The fourth-order valence-electron chi connectivity index (χ4n) is 2.81. The van der Waals surface area contributed by atoms with E-state index < -0.39 is 0 Å². The first kappa shape index (κ1) is 21.6. The lowest BCUT2D eigenvalue weighted by molar-refractivity contribution is -0.122. The second-order valence-corrected chi connectivity index (χ2v) is 5.75. The summed E-state index contributed by atoms with van der Waals surface area (Å²) in [6, 6.07) is 4.65. The Morgan fingerprint density at radius 1 is 1.48 bits per heavy atom. The number of fused-ring (bicyclic) bond motifs is 1. The molecule has 2 aromatic rings. The highest BCUT2D eigenvalue weighted by Gasteiger charge is 2.16. The molecular formula is C16H23Cl2FN4O2. The Morgan fingerprint density at radius 3 is 3.00 bits per heavy atom. The lowest BCUT2D eigenvalue weighted by Gasteiger charge is -2.23. The van der Waals surface area contributed by atoms with Gasteiger partial charge in [0.25, 0.3) is 0 Å². The maximum atomic E-state index is 13.2. The minimum absolute atomic E-state index is 0. The maximum Gasteiger partial charge on any atom is 0.221 e. The molecular weight excluding hydrogens is 370 g/mol. The van der Waals surface area contributed by atoms with Gasteiger partial charge in [-0.25, -0.2) is 9.37 Å². The van der Waals surface area contributed by atoms with Gasteiger partial charge in [-0.1, -0.05) is 0 Å². The van der Waals surface area contributed by atoms with Crippen LogP contribution in [0.3, 0.4) is 0 Å². The molecule has 3 rings (SSSR count). The Hall–Kier alpha value is -1.41. The molecule has 0 spiro atoms. The van der Waals surface area contributed by atoms with Crippen molar-refractivity contribution in [3.05, 3.63) is 29.8 Å². The number of halogens is 3. The highest BCUT2D eigenvalue weighted by atomic mass is 35.5. The van der Waals surface area contributed by atoms with Crippen molar-refractivity contribution in [1.82, 2.24) is 20.2 Å². The average Bonchev–Trinajstić information content (AvgIpc) is 2.84. The van der Waals surface area contributed by atoms with Crippen LogP contribution in [0.5, 0.6) is 0 Å². The quantitative estimate of drug-likeness (QED) is 0.810. The summed E-state index contributed by atoms with van der Waals surface area (Å²) in [7, 11) is 1.90. The smallest absolute Gasteiger partial charge is 0.221 e. The van der Waals surface area contributed by atoms with Gasteiger partial charge in [-0.3, -0.25) is 4.79 Å². The number of aryl methyl sites for hydroxylation is 1. The number of morpholine rings is 1. The molecule has 0 saturated carbocycles. The highest BCUT2D eigenvalue weighted by molar-refractivity contribution is 5.85. The van der Waals surface area contributed by atoms with Crippen LogP contribution in [-0.4, -0.2) is 47.8 Å². The molecule has 1 amide bonds. The molecule has 1 aromatic heterocycles. The largest absolute Gasteiger partial charge is 0.378 e. The van der Waals surface area contributed by atoms with Gasteiger partial charge in [0.1, 0.15) is 11.6 Å². The van der Waals surface area contributed by atoms with E-state index in [1.807, 2.05) is 11.6 Å². The van der Waals surface area contributed by atoms with Crippen molar-refractivity contribution in [2.24, 2.45) is 7.05 Å². The number of benzene rings is 1. The molecule has 1 fully saturated rings. The average molecular weight is 393 g/mol. The Balaban J connectivity index is 0.00000156. The van der Waals surface area contributed by atoms with Crippen LogP contribution in [0.15, 0.2) is 18.2 Å². The molecule has 9 heteroatoms. The molecule has 1 atom stereocenters. The molecule has 6 nitrogen and oxygen atoms in total. The number of hydrogen-bond donors (Lipinski definition) is 2. The first-order valence-corrected chi connectivity index (χ1v) is 7.82. The number of carbonyl (C=O) groups is 1. The first-order chi connectivity index (χ1) is 11.1. The van der Waals surface area contributed by atoms with E-state index in [4.69, 9.17) is 4.74 Å². The monoisotopic (exact) mass is 392 g/mol. The van der Waals surface area contributed by atoms with Crippen LogP contribution in [-0.2, 0) is 23.0 Å².